The molecule has 3 aliphatic heterocycles. The molecule has 3 aliphatic rings. The number of hydrogen-bond donors (Lipinski definition) is 2. The van der Waals surface area contributed by atoms with E-state index in [9.17, 15) is 29.0 Å². The first kappa shape index (κ1) is 20.3. The molecule has 6 rings (SSSR count). The molecule has 1 aromatic carbocycles. The Morgan fingerprint density at radius 1 is 1.21 bits per heavy atom. The molecule has 9 heteroatoms. The number of aryl methyl sites for hydroxylation is 1. The number of aliphatic hydroxyl groups excluding tert-OH is 1. The molecule has 8 nitrogen and oxygen atoms in total. The number of cyclic esters (lactones) is 1. The van der Waals surface area contributed by atoms with E-state index in [4.69, 9.17) is 4.74 Å². The molecule has 0 aliphatic carbocycles. The second-order valence-corrected chi connectivity index (χ2v) is 8.96. The van der Waals surface area contributed by atoms with Crippen molar-refractivity contribution in [2.45, 2.75) is 51.0 Å². The summed E-state index contributed by atoms with van der Waals surface area (Å²) in [6, 6.07) is 4.09. The molecule has 0 spiro atoms. The van der Waals surface area contributed by atoms with Crippen LogP contribution < -0.4 is 11.0 Å². The van der Waals surface area contributed by atoms with Crippen LogP contribution in [-0.4, -0.2) is 31.9 Å². The van der Waals surface area contributed by atoms with E-state index in [2.05, 4.69) is 0 Å². The van der Waals surface area contributed by atoms with Gasteiger partial charge in [0, 0.05) is 23.4 Å². The maximum Gasteiger partial charge on any atom is 0.343 e. The van der Waals surface area contributed by atoms with Crippen LogP contribution >= 0.6 is 0 Å². The van der Waals surface area contributed by atoms with Crippen molar-refractivity contribution >= 4 is 16.9 Å². The number of ether oxygens (including phenoxy) is 1. The lowest BCUT2D eigenvalue weighted by Gasteiger charge is -2.31. The summed E-state index contributed by atoms with van der Waals surface area (Å²) >= 11 is 0. The maximum atomic E-state index is 14.5. The van der Waals surface area contributed by atoms with Gasteiger partial charge in [-0.15, -0.1) is 0 Å². The molecular weight excluding hydrogens is 431 g/mol. The van der Waals surface area contributed by atoms with Gasteiger partial charge in [0.05, 0.1) is 41.2 Å². The predicted molar refractivity (Wildman–Crippen MR) is 115 cm³/mol. The van der Waals surface area contributed by atoms with Gasteiger partial charge >= 0.3 is 5.97 Å². The van der Waals surface area contributed by atoms with E-state index in [0.717, 1.165) is 0 Å². The summed E-state index contributed by atoms with van der Waals surface area (Å²) in [5, 5.41) is 21.0. The second kappa shape index (κ2) is 6.61. The molecule has 2 aromatic heterocycles. The first-order valence-corrected chi connectivity index (χ1v) is 11.0. The van der Waals surface area contributed by atoms with Crippen molar-refractivity contribution in [3.63, 3.8) is 0 Å². The van der Waals surface area contributed by atoms with Crippen LogP contribution in [0.15, 0.2) is 27.8 Å². The Morgan fingerprint density at radius 2 is 2.00 bits per heavy atom. The first-order chi connectivity index (χ1) is 15.8. The van der Waals surface area contributed by atoms with Crippen molar-refractivity contribution in [3.8, 4) is 11.3 Å². The average molecular weight is 452 g/mol. The molecule has 2 N–H and O–H groups in total. The third kappa shape index (κ3) is 2.43. The van der Waals surface area contributed by atoms with Crippen LogP contribution in [0.5, 0.6) is 0 Å². The minimum absolute atomic E-state index is 0.00759. The Bertz CT molecular complexity index is 1520. The van der Waals surface area contributed by atoms with Gasteiger partial charge in [-0.25, -0.2) is 9.18 Å². The number of nitrogens with zero attached hydrogens (tertiary/aromatic N) is 2. The number of hydrogen-bond acceptors (Lipinski definition) is 6. The summed E-state index contributed by atoms with van der Waals surface area (Å²) in [6.45, 7) is 1.86. The third-order valence-corrected chi connectivity index (χ3v) is 7.43. The SMILES string of the molecule is CC[C@@]1(O)C(=O)OCc2c1cc1n(c2=O)Cc2c-1c(=O)c1cc(F)cc3c1n2CC[C@H]3CO. The molecule has 0 amide bonds. The van der Waals surface area contributed by atoms with Crippen molar-refractivity contribution in [2.75, 3.05) is 6.61 Å². The van der Waals surface area contributed by atoms with E-state index in [1.807, 2.05) is 4.57 Å². The summed E-state index contributed by atoms with van der Waals surface area (Å²) in [5.41, 5.74) is -0.0880. The molecule has 0 unspecified atom stereocenters. The van der Waals surface area contributed by atoms with Crippen LogP contribution in [0.3, 0.4) is 0 Å². The van der Waals surface area contributed by atoms with Crippen molar-refractivity contribution in [1.29, 1.82) is 0 Å². The number of aliphatic hydroxyl groups is 2. The van der Waals surface area contributed by atoms with Crippen LogP contribution in [0.4, 0.5) is 4.39 Å². The average Bonchev–Trinajstić information content (AvgIpc) is 3.20. The van der Waals surface area contributed by atoms with Crippen molar-refractivity contribution in [2.24, 2.45) is 0 Å². The fourth-order valence-corrected chi connectivity index (χ4v) is 5.66. The van der Waals surface area contributed by atoms with Crippen LogP contribution in [-0.2, 0) is 34.8 Å². The molecule has 0 fully saturated rings. The largest absolute Gasteiger partial charge is 0.458 e. The van der Waals surface area contributed by atoms with Gasteiger partial charge in [-0.3, -0.25) is 9.59 Å². The lowest BCUT2D eigenvalue weighted by atomic mass is 9.85. The van der Waals surface area contributed by atoms with Crippen molar-refractivity contribution in [1.82, 2.24) is 9.13 Å². The van der Waals surface area contributed by atoms with E-state index in [0.29, 0.717) is 35.4 Å². The lowest BCUT2D eigenvalue weighted by molar-refractivity contribution is -0.172. The van der Waals surface area contributed by atoms with Gasteiger partial charge in [0.25, 0.3) is 5.56 Å². The zero-order chi connectivity index (χ0) is 23.2. The topological polar surface area (TPSA) is 111 Å². The molecular formula is C24H21FN2O6. The maximum absolute atomic E-state index is 14.5. The summed E-state index contributed by atoms with van der Waals surface area (Å²) in [6.07, 6.45) is 0.574. The minimum Gasteiger partial charge on any atom is -0.458 e. The fourth-order valence-electron chi connectivity index (χ4n) is 5.66. The molecule has 3 aromatic rings. The van der Waals surface area contributed by atoms with Gasteiger partial charge in [0.1, 0.15) is 12.4 Å². The highest BCUT2D eigenvalue weighted by molar-refractivity contribution is 5.90. The number of rotatable bonds is 2. The van der Waals surface area contributed by atoms with Gasteiger partial charge in [0.2, 0.25) is 0 Å². The molecule has 0 saturated carbocycles. The number of benzene rings is 1. The summed E-state index contributed by atoms with van der Waals surface area (Å²) in [7, 11) is 0. The zero-order valence-electron chi connectivity index (χ0n) is 17.9. The Balaban J connectivity index is 1.71. The third-order valence-electron chi connectivity index (χ3n) is 7.43. The smallest absolute Gasteiger partial charge is 0.343 e. The Hall–Kier alpha value is -3.30. The number of esters is 1. The Labute approximate surface area is 186 Å². The molecule has 0 bridgehead atoms. The van der Waals surface area contributed by atoms with Crippen LogP contribution in [0.2, 0.25) is 0 Å². The lowest BCUT2D eigenvalue weighted by Crippen LogP contribution is -2.44. The number of fused-ring (bicyclic) bond motifs is 5. The van der Waals surface area contributed by atoms with Gasteiger partial charge in [0.15, 0.2) is 11.0 Å². The standard InChI is InChI=1S/C24H21FN2O6/c1-2-24(32)16-7-17-19-18(8-27(17)22(30)15(16)10-33-23(24)31)26-4-3-11(9-28)13-5-12(25)6-14(20(13)26)21(19)29/h5-7,11,28,32H,2-4,8-10H2,1H3/t11-,24-/m0/s1. The van der Waals surface area contributed by atoms with E-state index in [1.54, 1.807) is 6.92 Å². The van der Waals surface area contributed by atoms with Crippen molar-refractivity contribution in [3.05, 3.63) is 67.0 Å². The quantitative estimate of drug-likeness (QED) is 0.446. The van der Waals surface area contributed by atoms with E-state index in [1.165, 1.54) is 22.8 Å². The number of carbonyl (C=O) groups excluding carboxylic acids is 1. The molecule has 170 valence electrons. The molecule has 33 heavy (non-hydrogen) atoms. The highest BCUT2D eigenvalue weighted by Gasteiger charge is 2.45. The van der Waals surface area contributed by atoms with E-state index >= 15 is 0 Å². The highest BCUT2D eigenvalue weighted by atomic mass is 19.1. The molecule has 5 heterocycles. The van der Waals surface area contributed by atoms with E-state index in [-0.39, 0.29) is 54.2 Å². The van der Waals surface area contributed by atoms with Crippen LogP contribution in [0.1, 0.15) is 48.1 Å². The summed E-state index contributed by atoms with van der Waals surface area (Å²) in [4.78, 5) is 39.4. The van der Waals surface area contributed by atoms with Crippen LogP contribution in [0, 0.1) is 5.82 Å². The van der Waals surface area contributed by atoms with Gasteiger partial charge in [-0.05, 0) is 36.6 Å². The molecule has 0 radical (unpaired) electrons. The van der Waals surface area contributed by atoms with Gasteiger partial charge in [-0.2, -0.15) is 0 Å². The normalized spacial score (nSPS) is 22.7. The molecule has 0 saturated heterocycles. The van der Waals surface area contributed by atoms with Crippen molar-refractivity contribution < 1.29 is 24.1 Å². The Kier molecular flexibility index (Phi) is 4.07. The number of pyridine rings is 2. The monoisotopic (exact) mass is 452 g/mol. The highest BCUT2D eigenvalue weighted by Crippen LogP contribution is 2.41. The van der Waals surface area contributed by atoms with Crippen LogP contribution in [0.25, 0.3) is 22.2 Å². The van der Waals surface area contributed by atoms with Gasteiger partial charge < -0.3 is 24.1 Å². The summed E-state index contributed by atoms with van der Waals surface area (Å²) < 4.78 is 23.0. The van der Waals surface area contributed by atoms with Gasteiger partial charge in [-0.1, -0.05) is 6.92 Å². The molecule has 2 atom stereocenters. The number of aromatic nitrogens is 2. The number of carbonyl (C=O) groups is 1. The first-order valence-electron chi connectivity index (χ1n) is 11.0. The Morgan fingerprint density at radius 3 is 2.73 bits per heavy atom. The summed E-state index contributed by atoms with van der Waals surface area (Å²) in [5.74, 6) is -1.67. The number of halogens is 1. The minimum atomic E-state index is -1.97. The zero-order valence-corrected chi connectivity index (χ0v) is 17.9. The van der Waals surface area contributed by atoms with E-state index < -0.39 is 28.4 Å². The predicted octanol–water partition coefficient (Wildman–Crippen LogP) is 1.47. The second-order valence-electron chi connectivity index (χ2n) is 8.96. The fraction of sp³-hybridized carbons (Fsp3) is 0.375.